The minimum atomic E-state index is -0.861. The Balaban J connectivity index is 2.69. The first-order valence-corrected chi connectivity index (χ1v) is 5.63. The van der Waals surface area contributed by atoms with E-state index in [-0.39, 0.29) is 11.7 Å². The summed E-state index contributed by atoms with van der Waals surface area (Å²) in [5.41, 5.74) is 1.74. The number of carboxylic acids is 1. The van der Waals surface area contributed by atoms with Crippen LogP contribution in [0.4, 0.5) is 4.39 Å². The number of hydrogen-bond acceptors (Lipinski definition) is 2. The molecule has 0 heterocycles. The summed E-state index contributed by atoms with van der Waals surface area (Å²) in [7, 11) is 0. The van der Waals surface area contributed by atoms with Crippen LogP contribution in [0.15, 0.2) is 18.2 Å². The van der Waals surface area contributed by atoms with Crippen LogP contribution in [-0.2, 0) is 11.3 Å². The van der Waals surface area contributed by atoms with Crippen molar-refractivity contribution < 1.29 is 14.3 Å². The molecule has 0 saturated heterocycles. The van der Waals surface area contributed by atoms with Gasteiger partial charge < -0.3 is 10.4 Å². The van der Waals surface area contributed by atoms with E-state index in [1.807, 2.05) is 20.8 Å². The van der Waals surface area contributed by atoms with Crippen LogP contribution >= 0.6 is 0 Å². The van der Waals surface area contributed by atoms with Gasteiger partial charge in [0.15, 0.2) is 0 Å². The maximum absolute atomic E-state index is 12.9. The second-order valence-corrected chi connectivity index (χ2v) is 4.51. The highest BCUT2D eigenvalue weighted by Gasteiger charge is 2.20. The van der Waals surface area contributed by atoms with Crippen molar-refractivity contribution in [3.63, 3.8) is 0 Å². The van der Waals surface area contributed by atoms with Gasteiger partial charge in [-0.1, -0.05) is 19.9 Å². The van der Waals surface area contributed by atoms with Crippen molar-refractivity contribution in [3.8, 4) is 0 Å². The molecule has 1 aromatic rings. The van der Waals surface area contributed by atoms with Crippen LogP contribution in [0.3, 0.4) is 0 Å². The molecule has 0 fully saturated rings. The summed E-state index contributed by atoms with van der Waals surface area (Å²) in [5.74, 6) is -1.13. The summed E-state index contributed by atoms with van der Waals surface area (Å²) in [4.78, 5) is 11.0. The molecule has 0 aliphatic carbocycles. The third-order valence-electron chi connectivity index (χ3n) is 2.75. The van der Waals surface area contributed by atoms with Crippen LogP contribution in [0.2, 0.25) is 0 Å². The normalized spacial score (nSPS) is 12.8. The lowest BCUT2D eigenvalue weighted by Crippen LogP contribution is -2.40. The van der Waals surface area contributed by atoms with Crippen molar-refractivity contribution in [2.75, 3.05) is 0 Å². The second kappa shape index (κ2) is 5.77. The molecule has 0 aliphatic rings. The van der Waals surface area contributed by atoms with Crippen molar-refractivity contribution in [1.29, 1.82) is 0 Å². The van der Waals surface area contributed by atoms with Gasteiger partial charge in [-0.05, 0) is 36.1 Å². The van der Waals surface area contributed by atoms with Gasteiger partial charge in [-0.25, -0.2) is 4.39 Å². The molecule has 0 saturated carbocycles. The highest BCUT2D eigenvalue weighted by molar-refractivity contribution is 5.73. The van der Waals surface area contributed by atoms with E-state index in [2.05, 4.69) is 5.32 Å². The molecule has 3 nitrogen and oxygen atoms in total. The summed E-state index contributed by atoms with van der Waals surface area (Å²) in [6.07, 6.45) is 0. The van der Waals surface area contributed by atoms with Gasteiger partial charge in [-0.15, -0.1) is 0 Å². The third kappa shape index (κ3) is 3.82. The molecule has 0 radical (unpaired) electrons. The molecule has 0 aliphatic heterocycles. The fourth-order valence-electron chi connectivity index (χ4n) is 1.69. The van der Waals surface area contributed by atoms with Crippen molar-refractivity contribution >= 4 is 5.97 Å². The molecule has 0 aromatic heterocycles. The van der Waals surface area contributed by atoms with Crippen LogP contribution in [0.5, 0.6) is 0 Å². The van der Waals surface area contributed by atoms with E-state index in [9.17, 15) is 9.18 Å². The standard InChI is InChI=1S/C13H18FNO2/c1-8(2)12(13(16)17)15-7-10-4-5-11(14)6-9(10)3/h4-6,8,12,15H,7H2,1-3H3,(H,16,17). The SMILES string of the molecule is Cc1cc(F)ccc1CNC(C(=O)O)C(C)C. The Morgan fingerprint density at radius 1 is 1.47 bits per heavy atom. The van der Waals surface area contributed by atoms with Crippen molar-refractivity contribution in [3.05, 3.63) is 35.1 Å². The number of aliphatic carboxylic acids is 1. The molecule has 0 spiro atoms. The Morgan fingerprint density at radius 3 is 2.59 bits per heavy atom. The predicted octanol–water partition coefficient (Wildman–Crippen LogP) is 2.33. The van der Waals surface area contributed by atoms with Crippen LogP contribution in [0.1, 0.15) is 25.0 Å². The number of hydrogen-bond donors (Lipinski definition) is 2. The van der Waals surface area contributed by atoms with E-state index in [0.717, 1.165) is 11.1 Å². The fraction of sp³-hybridized carbons (Fsp3) is 0.462. The summed E-state index contributed by atoms with van der Waals surface area (Å²) >= 11 is 0. The molecular weight excluding hydrogens is 221 g/mol. The van der Waals surface area contributed by atoms with Gasteiger partial charge in [0.05, 0.1) is 0 Å². The highest BCUT2D eigenvalue weighted by atomic mass is 19.1. The van der Waals surface area contributed by atoms with Gasteiger partial charge in [0.2, 0.25) is 0 Å². The van der Waals surface area contributed by atoms with Gasteiger partial charge in [0.1, 0.15) is 11.9 Å². The van der Waals surface area contributed by atoms with Crippen molar-refractivity contribution in [1.82, 2.24) is 5.32 Å². The summed E-state index contributed by atoms with van der Waals surface area (Å²) in [6.45, 7) is 5.94. The van der Waals surface area contributed by atoms with E-state index in [1.165, 1.54) is 12.1 Å². The van der Waals surface area contributed by atoms with E-state index in [1.54, 1.807) is 6.07 Å². The van der Waals surface area contributed by atoms with E-state index < -0.39 is 12.0 Å². The van der Waals surface area contributed by atoms with Gasteiger partial charge in [0.25, 0.3) is 0 Å². The third-order valence-corrected chi connectivity index (χ3v) is 2.75. The van der Waals surface area contributed by atoms with Crippen LogP contribution in [0.25, 0.3) is 0 Å². The molecule has 94 valence electrons. The zero-order chi connectivity index (χ0) is 13.0. The first-order valence-electron chi connectivity index (χ1n) is 5.63. The molecule has 1 aromatic carbocycles. The zero-order valence-corrected chi connectivity index (χ0v) is 10.3. The molecule has 17 heavy (non-hydrogen) atoms. The van der Waals surface area contributed by atoms with E-state index >= 15 is 0 Å². The number of halogens is 1. The van der Waals surface area contributed by atoms with Gasteiger partial charge >= 0.3 is 5.97 Å². The van der Waals surface area contributed by atoms with Crippen LogP contribution in [0, 0.1) is 18.7 Å². The largest absolute Gasteiger partial charge is 0.480 e. The van der Waals surface area contributed by atoms with Crippen LogP contribution in [-0.4, -0.2) is 17.1 Å². The summed E-state index contributed by atoms with van der Waals surface area (Å²) in [6, 6.07) is 3.92. The topological polar surface area (TPSA) is 49.3 Å². The van der Waals surface area contributed by atoms with Crippen molar-refractivity contribution in [2.45, 2.75) is 33.4 Å². The Hall–Kier alpha value is -1.42. The van der Waals surface area contributed by atoms with E-state index in [0.29, 0.717) is 6.54 Å². The minimum Gasteiger partial charge on any atom is -0.480 e. The zero-order valence-electron chi connectivity index (χ0n) is 10.3. The lowest BCUT2D eigenvalue weighted by Gasteiger charge is -2.18. The Labute approximate surface area is 101 Å². The molecule has 1 unspecified atom stereocenters. The number of nitrogens with one attached hydrogen (secondary N) is 1. The molecular formula is C13H18FNO2. The fourth-order valence-corrected chi connectivity index (χ4v) is 1.69. The lowest BCUT2D eigenvalue weighted by molar-refractivity contribution is -0.140. The number of carboxylic acid groups (broad SMARTS) is 1. The van der Waals surface area contributed by atoms with Gasteiger partial charge in [-0.3, -0.25) is 4.79 Å². The molecule has 0 amide bonds. The molecule has 0 bridgehead atoms. The predicted molar refractivity (Wildman–Crippen MR) is 64.2 cm³/mol. The number of rotatable bonds is 5. The van der Waals surface area contributed by atoms with Crippen molar-refractivity contribution in [2.24, 2.45) is 5.92 Å². The molecule has 1 rings (SSSR count). The lowest BCUT2D eigenvalue weighted by atomic mass is 10.0. The molecule has 4 heteroatoms. The number of aryl methyl sites for hydroxylation is 1. The maximum atomic E-state index is 12.9. The second-order valence-electron chi connectivity index (χ2n) is 4.51. The van der Waals surface area contributed by atoms with E-state index in [4.69, 9.17) is 5.11 Å². The van der Waals surface area contributed by atoms with Gasteiger partial charge in [0, 0.05) is 6.54 Å². The monoisotopic (exact) mass is 239 g/mol. The molecule has 1 atom stereocenters. The Bertz CT molecular complexity index is 404. The minimum absolute atomic E-state index is 0.00764. The Kier molecular flexibility index (Phi) is 4.63. The molecule has 2 N–H and O–H groups in total. The smallest absolute Gasteiger partial charge is 0.320 e. The average Bonchev–Trinajstić information content (AvgIpc) is 2.20. The maximum Gasteiger partial charge on any atom is 0.320 e. The number of benzene rings is 1. The first kappa shape index (κ1) is 13.6. The summed E-state index contributed by atoms with van der Waals surface area (Å²) < 4.78 is 12.9. The van der Waals surface area contributed by atoms with Crippen LogP contribution < -0.4 is 5.32 Å². The average molecular weight is 239 g/mol. The number of carbonyl (C=O) groups is 1. The quantitative estimate of drug-likeness (QED) is 0.829. The summed E-state index contributed by atoms with van der Waals surface area (Å²) in [5, 5.41) is 12.0. The van der Waals surface area contributed by atoms with Gasteiger partial charge in [-0.2, -0.15) is 0 Å². The highest BCUT2D eigenvalue weighted by Crippen LogP contribution is 2.11. The first-order chi connectivity index (χ1) is 7.91. The Morgan fingerprint density at radius 2 is 2.12 bits per heavy atom.